The number of rotatable bonds is 7. The van der Waals surface area contributed by atoms with Crippen LogP contribution in [0.15, 0.2) is 89.8 Å². The molecule has 0 heterocycles. The van der Waals surface area contributed by atoms with Crippen LogP contribution >= 0.6 is 0 Å². The molecule has 150 valence electrons. The van der Waals surface area contributed by atoms with Crippen LogP contribution < -0.4 is 0 Å². The molecule has 0 saturated heterocycles. The Morgan fingerprint density at radius 2 is 1.34 bits per heavy atom. The Balaban J connectivity index is 1.98. The number of ether oxygens (including phenoxy) is 1. The lowest BCUT2D eigenvalue weighted by molar-refractivity contribution is 0.0526. The highest BCUT2D eigenvalue weighted by atomic mass is 32.2. The molecule has 0 aromatic heterocycles. The van der Waals surface area contributed by atoms with E-state index in [1.54, 1.807) is 14.0 Å². The molecule has 3 aromatic rings. The van der Waals surface area contributed by atoms with Gasteiger partial charge >= 0.3 is 5.97 Å². The molecule has 0 amide bonds. The maximum Gasteiger partial charge on any atom is 0.338 e. The zero-order valence-electron chi connectivity index (χ0n) is 16.4. The second-order valence-electron chi connectivity index (χ2n) is 6.49. The lowest BCUT2D eigenvalue weighted by atomic mass is 9.99. The van der Waals surface area contributed by atoms with Crippen molar-refractivity contribution < 1.29 is 17.9 Å². The van der Waals surface area contributed by atoms with Crippen LogP contribution in [0, 0.1) is 0 Å². The monoisotopic (exact) mass is 409 g/mol. The van der Waals surface area contributed by atoms with Gasteiger partial charge in [0.25, 0.3) is 0 Å². The molecule has 0 unspecified atom stereocenters. The minimum Gasteiger partial charge on any atom is -0.462 e. The van der Waals surface area contributed by atoms with Crippen molar-refractivity contribution in [3.05, 3.63) is 102 Å². The third-order valence-corrected chi connectivity index (χ3v) is 6.47. The van der Waals surface area contributed by atoms with E-state index in [-0.39, 0.29) is 11.5 Å². The first-order valence-electron chi connectivity index (χ1n) is 9.30. The number of carbonyl (C=O) groups excluding carboxylic acids is 1. The van der Waals surface area contributed by atoms with Crippen LogP contribution in [-0.2, 0) is 14.8 Å². The summed E-state index contributed by atoms with van der Waals surface area (Å²) in [5, 5.41) is 0. The number of esters is 1. The van der Waals surface area contributed by atoms with Gasteiger partial charge < -0.3 is 4.74 Å². The third kappa shape index (κ3) is 4.55. The summed E-state index contributed by atoms with van der Waals surface area (Å²) in [6.45, 7) is 1.98. The number of benzene rings is 3. The Hall–Kier alpha value is -2.96. The molecule has 0 atom stereocenters. The van der Waals surface area contributed by atoms with Crippen molar-refractivity contribution in [2.75, 3.05) is 13.7 Å². The van der Waals surface area contributed by atoms with Gasteiger partial charge in [0.1, 0.15) is 0 Å². The molecule has 0 N–H and O–H groups in total. The van der Waals surface area contributed by atoms with Crippen LogP contribution in [0.2, 0.25) is 0 Å². The van der Waals surface area contributed by atoms with E-state index in [2.05, 4.69) is 0 Å². The summed E-state index contributed by atoms with van der Waals surface area (Å²) in [4.78, 5) is 12.0. The van der Waals surface area contributed by atoms with Crippen molar-refractivity contribution in [3.8, 4) is 0 Å². The zero-order chi connectivity index (χ0) is 20.9. The molecule has 0 spiro atoms. The normalized spacial score (nSPS) is 11.6. The van der Waals surface area contributed by atoms with Gasteiger partial charge in [0.2, 0.25) is 10.0 Å². The van der Waals surface area contributed by atoms with E-state index in [1.807, 2.05) is 60.7 Å². The van der Waals surface area contributed by atoms with Crippen molar-refractivity contribution in [1.29, 1.82) is 0 Å². The van der Waals surface area contributed by atoms with E-state index in [4.69, 9.17) is 4.74 Å². The smallest absolute Gasteiger partial charge is 0.338 e. The topological polar surface area (TPSA) is 63.7 Å². The van der Waals surface area contributed by atoms with E-state index in [9.17, 15) is 13.2 Å². The molecular weight excluding hydrogens is 386 g/mol. The SMILES string of the molecule is CCOC(=O)c1ccc(S(=O)(=O)N(C)C(c2ccccc2)c2ccccc2)cc1. The molecule has 0 aliphatic rings. The van der Waals surface area contributed by atoms with Crippen LogP contribution in [-0.4, -0.2) is 32.3 Å². The van der Waals surface area contributed by atoms with Crippen molar-refractivity contribution in [1.82, 2.24) is 4.31 Å². The lowest BCUT2D eigenvalue weighted by Crippen LogP contribution is -2.32. The predicted molar refractivity (Wildman–Crippen MR) is 112 cm³/mol. The number of hydrogen-bond donors (Lipinski definition) is 0. The first kappa shape index (κ1) is 20.8. The fraction of sp³-hybridized carbons (Fsp3) is 0.174. The van der Waals surface area contributed by atoms with Crippen LogP contribution in [0.1, 0.15) is 34.5 Å². The largest absolute Gasteiger partial charge is 0.462 e. The quantitative estimate of drug-likeness (QED) is 0.547. The Kier molecular flexibility index (Phi) is 6.46. The van der Waals surface area contributed by atoms with Gasteiger partial charge in [0.05, 0.1) is 23.1 Å². The number of nitrogens with zero attached hydrogens (tertiary/aromatic N) is 1. The molecule has 6 heteroatoms. The molecule has 3 rings (SSSR count). The first-order valence-corrected chi connectivity index (χ1v) is 10.7. The standard InChI is InChI=1S/C23H23NO4S/c1-3-28-23(25)20-14-16-21(17-15-20)29(26,27)24(2)22(18-10-6-4-7-11-18)19-12-8-5-9-13-19/h4-17,22H,3H2,1-2H3. The Morgan fingerprint density at radius 3 is 1.79 bits per heavy atom. The molecule has 0 bridgehead atoms. The van der Waals surface area contributed by atoms with E-state index in [0.717, 1.165) is 11.1 Å². The summed E-state index contributed by atoms with van der Waals surface area (Å²) in [7, 11) is -2.24. The van der Waals surface area contributed by atoms with Crippen LogP contribution in [0.25, 0.3) is 0 Å². The minimum absolute atomic E-state index is 0.116. The molecule has 0 fully saturated rings. The maximum atomic E-state index is 13.3. The summed E-state index contributed by atoms with van der Waals surface area (Å²) >= 11 is 0. The summed E-state index contributed by atoms with van der Waals surface area (Å²) in [5.74, 6) is -0.476. The van der Waals surface area contributed by atoms with Gasteiger partial charge in [-0.05, 0) is 42.3 Å². The molecule has 3 aromatic carbocycles. The zero-order valence-corrected chi connectivity index (χ0v) is 17.2. The highest BCUT2D eigenvalue weighted by Gasteiger charge is 2.30. The second-order valence-corrected chi connectivity index (χ2v) is 8.49. The van der Waals surface area contributed by atoms with Gasteiger partial charge in [0, 0.05) is 7.05 Å². The van der Waals surface area contributed by atoms with Crippen molar-refractivity contribution in [2.24, 2.45) is 0 Å². The van der Waals surface area contributed by atoms with Crippen LogP contribution in [0.3, 0.4) is 0 Å². The van der Waals surface area contributed by atoms with Gasteiger partial charge in [-0.15, -0.1) is 0 Å². The summed E-state index contributed by atoms with van der Waals surface area (Å²) < 4.78 is 33.0. The fourth-order valence-corrected chi connectivity index (χ4v) is 4.50. The van der Waals surface area contributed by atoms with Crippen LogP contribution in [0.5, 0.6) is 0 Å². The van der Waals surface area contributed by atoms with Crippen molar-refractivity contribution in [2.45, 2.75) is 17.9 Å². The predicted octanol–water partition coefficient (Wildman–Crippen LogP) is 4.27. The minimum atomic E-state index is -3.81. The highest BCUT2D eigenvalue weighted by molar-refractivity contribution is 7.89. The Labute approximate surface area is 171 Å². The number of sulfonamides is 1. The van der Waals surface area contributed by atoms with Crippen molar-refractivity contribution in [3.63, 3.8) is 0 Å². The molecule has 5 nitrogen and oxygen atoms in total. The van der Waals surface area contributed by atoms with E-state index in [0.29, 0.717) is 5.56 Å². The van der Waals surface area contributed by atoms with Gasteiger partial charge in [-0.2, -0.15) is 4.31 Å². The van der Waals surface area contributed by atoms with Gasteiger partial charge in [-0.25, -0.2) is 13.2 Å². The molecule has 29 heavy (non-hydrogen) atoms. The molecular formula is C23H23NO4S. The molecule has 0 saturated carbocycles. The lowest BCUT2D eigenvalue weighted by Gasteiger charge is -2.28. The van der Waals surface area contributed by atoms with Gasteiger partial charge in [-0.3, -0.25) is 0 Å². The van der Waals surface area contributed by atoms with E-state index >= 15 is 0 Å². The average molecular weight is 410 g/mol. The van der Waals surface area contributed by atoms with Crippen LogP contribution in [0.4, 0.5) is 0 Å². The molecule has 0 aliphatic carbocycles. The summed E-state index contributed by atoms with van der Waals surface area (Å²) in [6, 6.07) is 24.3. The Morgan fingerprint density at radius 1 is 0.862 bits per heavy atom. The Bertz CT molecular complexity index is 1010. The summed E-state index contributed by atoms with van der Waals surface area (Å²) in [5.41, 5.74) is 2.05. The number of hydrogen-bond acceptors (Lipinski definition) is 4. The molecule has 0 aliphatic heterocycles. The summed E-state index contributed by atoms with van der Waals surface area (Å²) in [6.07, 6.45) is 0. The van der Waals surface area contributed by atoms with Gasteiger partial charge in [0.15, 0.2) is 0 Å². The van der Waals surface area contributed by atoms with E-state index in [1.165, 1.54) is 28.6 Å². The van der Waals surface area contributed by atoms with E-state index < -0.39 is 22.0 Å². The average Bonchev–Trinajstić information content (AvgIpc) is 2.75. The number of carbonyl (C=O) groups is 1. The fourth-order valence-electron chi connectivity index (χ4n) is 3.17. The molecule has 0 radical (unpaired) electrons. The van der Waals surface area contributed by atoms with Gasteiger partial charge in [-0.1, -0.05) is 60.7 Å². The highest BCUT2D eigenvalue weighted by Crippen LogP contribution is 2.32. The maximum absolute atomic E-state index is 13.3. The van der Waals surface area contributed by atoms with Crippen molar-refractivity contribution >= 4 is 16.0 Å². The first-order chi connectivity index (χ1) is 13.9. The third-order valence-electron chi connectivity index (χ3n) is 4.64. The second kappa shape index (κ2) is 9.03.